The normalized spacial score (nSPS) is 12.2. The molecule has 0 radical (unpaired) electrons. The first-order valence-electron chi connectivity index (χ1n) is 9.59. The van der Waals surface area contributed by atoms with Gasteiger partial charge in [0.2, 0.25) is 0 Å². The first-order valence-corrected chi connectivity index (χ1v) is 10.0. The Bertz CT molecular complexity index is 1190. The van der Waals surface area contributed by atoms with Gasteiger partial charge >= 0.3 is 0 Å². The predicted octanol–water partition coefficient (Wildman–Crippen LogP) is 4.43. The second-order valence-corrected chi connectivity index (χ2v) is 7.66. The van der Waals surface area contributed by atoms with Crippen LogP contribution in [0, 0.1) is 0 Å². The number of aromatic nitrogens is 2. The number of hydrogen-bond donors (Lipinski definition) is 1. The topological polar surface area (TPSA) is 60.9 Å². The smallest absolute Gasteiger partial charge is 0.261 e. The minimum Gasteiger partial charge on any atom is -0.326 e. The Hall–Kier alpha value is -2.95. The molecule has 5 heteroatoms. The fourth-order valence-electron chi connectivity index (χ4n) is 3.48. The summed E-state index contributed by atoms with van der Waals surface area (Å²) < 4.78 is 1.63. The number of nitrogens with two attached hydrogens (primary N) is 1. The van der Waals surface area contributed by atoms with E-state index in [0.717, 1.165) is 22.3 Å². The van der Waals surface area contributed by atoms with Crippen LogP contribution in [0.4, 0.5) is 0 Å². The minimum atomic E-state index is -0.121. The zero-order valence-corrected chi connectivity index (χ0v) is 16.7. The van der Waals surface area contributed by atoms with Crippen molar-refractivity contribution in [3.05, 3.63) is 112 Å². The Labute approximate surface area is 174 Å². The summed E-state index contributed by atoms with van der Waals surface area (Å²) in [6, 6.07) is 23.7. The van der Waals surface area contributed by atoms with Crippen LogP contribution < -0.4 is 11.3 Å². The lowest BCUT2D eigenvalue weighted by atomic mass is 10.0. The fraction of sp³-hybridized carbons (Fsp3) is 0.167. The molecule has 0 aliphatic rings. The van der Waals surface area contributed by atoms with Crippen molar-refractivity contribution >= 4 is 22.5 Å². The Balaban J connectivity index is 1.59. The summed E-state index contributed by atoms with van der Waals surface area (Å²) in [6.45, 7) is 0.946. The number of alkyl halides is 1. The molecule has 0 bridgehead atoms. The lowest BCUT2D eigenvalue weighted by Gasteiger charge is -2.11. The molecule has 0 aliphatic carbocycles. The summed E-state index contributed by atoms with van der Waals surface area (Å²) in [7, 11) is 0. The summed E-state index contributed by atoms with van der Waals surface area (Å²) >= 11 is 6.57. The van der Waals surface area contributed by atoms with Gasteiger partial charge in [0.1, 0.15) is 0 Å². The Morgan fingerprint density at radius 1 is 0.931 bits per heavy atom. The van der Waals surface area contributed by atoms with Crippen LogP contribution in [0.2, 0.25) is 0 Å². The van der Waals surface area contributed by atoms with Crippen molar-refractivity contribution in [2.45, 2.75) is 24.9 Å². The first-order chi connectivity index (χ1) is 14.1. The molecule has 4 aromatic rings. The average Bonchev–Trinajstić information content (AvgIpc) is 2.76. The third kappa shape index (κ3) is 4.39. The quantitative estimate of drug-likeness (QED) is 0.484. The molecule has 1 unspecified atom stereocenters. The number of hydrogen-bond acceptors (Lipinski definition) is 3. The van der Waals surface area contributed by atoms with Crippen LogP contribution >= 0.6 is 11.6 Å². The molecule has 0 saturated heterocycles. The average molecular weight is 404 g/mol. The van der Waals surface area contributed by atoms with E-state index in [1.54, 1.807) is 10.9 Å². The fourth-order valence-corrected chi connectivity index (χ4v) is 3.81. The van der Waals surface area contributed by atoms with Crippen molar-refractivity contribution < 1.29 is 0 Å². The van der Waals surface area contributed by atoms with E-state index in [1.165, 1.54) is 0 Å². The second kappa shape index (κ2) is 8.60. The molecule has 1 atom stereocenters. The van der Waals surface area contributed by atoms with Crippen molar-refractivity contribution in [3.63, 3.8) is 0 Å². The van der Waals surface area contributed by atoms with Crippen molar-refractivity contribution in [1.29, 1.82) is 0 Å². The van der Waals surface area contributed by atoms with Crippen molar-refractivity contribution in [2.24, 2.45) is 5.73 Å². The standard InChI is InChI=1S/C24H22ClN3O/c25-22(20-7-2-1-3-8-20)12-17-9-10-21-23(13-17)27-16-28(24(21)29)15-19-6-4-5-18(11-19)14-26/h1-11,13,16,22H,12,14-15,26H2. The van der Waals surface area contributed by atoms with Crippen LogP contribution in [-0.2, 0) is 19.5 Å². The highest BCUT2D eigenvalue weighted by Gasteiger charge is 2.11. The number of halogens is 1. The molecule has 1 heterocycles. The molecule has 0 fully saturated rings. The van der Waals surface area contributed by atoms with Gasteiger partial charge in [0, 0.05) is 6.54 Å². The maximum atomic E-state index is 12.9. The number of rotatable bonds is 6. The van der Waals surface area contributed by atoms with Crippen molar-refractivity contribution in [1.82, 2.24) is 9.55 Å². The van der Waals surface area contributed by atoms with Crippen LogP contribution in [0.5, 0.6) is 0 Å². The summed E-state index contributed by atoms with van der Waals surface area (Å²) in [5.74, 6) is 0. The molecule has 2 N–H and O–H groups in total. The molecule has 3 aromatic carbocycles. The van der Waals surface area contributed by atoms with Crippen molar-refractivity contribution in [3.8, 4) is 0 Å². The summed E-state index contributed by atoms with van der Waals surface area (Å²) in [6.07, 6.45) is 2.29. The maximum Gasteiger partial charge on any atom is 0.261 e. The van der Waals surface area contributed by atoms with E-state index in [-0.39, 0.29) is 10.9 Å². The van der Waals surface area contributed by atoms with E-state index < -0.39 is 0 Å². The summed E-state index contributed by atoms with van der Waals surface area (Å²) in [4.78, 5) is 17.4. The number of fused-ring (bicyclic) bond motifs is 1. The van der Waals surface area contributed by atoms with E-state index >= 15 is 0 Å². The molecule has 146 valence electrons. The third-order valence-corrected chi connectivity index (χ3v) is 5.45. The van der Waals surface area contributed by atoms with Gasteiger partial charge in [-0.2, -0.15) is 0 Å². The SMILES string of the molecule is NCc1cccc(Cn2cnc3cc(CC(Cl)c4ccccc4)ccc3c2=O)c1. The maximum absolute atomic E-state index is 12.9. The van der Waals surface area contributed by atoms with Gasteiger partial charge in [-0.05, 0) is 40.8 Å². The summed E-state index contributed by atoms with van der Waals surface area (Å²) in [5, 5.41) is 0.487. The van der Waals surface area contributed by atoms with Gasteiger partial charge in [-0.3, -0.25) is 9.36 Å². The molecule has 4 nitrogen and oxygen atoms in total. The van der Waals surface area contributed by atoms with Crippen LogP contribution in [0.3, 0.4) is 0 Å². The van der Waals surface area contributed by atoms with Gasteiger partial charge in [-0.1, -0.05) is 60.7 Å². The third-order valence-electron chi connectivity index (χ3n) is 5.05. The van der Waals surface area contributed by atoms with Crippen LogP contribution in [0.15, 0.2) is 83.9 Å². The van der Waals surface area contributed by atoms with Crippen LogP contribution in [0.25, 0.3) is 10.9 Å². The highest BCUT2D eigenvalue weighted by Crippen LogP contribution is 2.25. The Morgan fingerprint density at radius 2 is 1.72 bits per heavy atom. The molecule has 0 spiro atoms. The van der Waals surface area contributed by atoms with E-state index in [4.69, 9.17) is 17.3 Å². The molecular formula is C24H22ClN3O. The highest BCUT2D eigenvalue weighted by molar-refractivity contribution is 6.20. The van der Waals surface area contributed by atoms with Gasteiger partial charge in [0.05, 0.1) is 29.2 Å². The molecule has 0 saturated carbocycles. The molecule has 4 rings (SSSR count). The van der Waals surface area contributed by atoms with Crippen LogP contribution in [0.1, 0.15) is 27.6 Å². The molecule has 29 heavy (non-hydrogen) atoms. The summed E-state index contributed by atoms with van der Waals surface area (Å²) in [5.41, 5.74) is 10.6. The van der Waals surface area contributed by atoms with Gasteiger partial charge in [-0.15, -0.1) is 11.6 Å². The first kappa shape index (κ1) is 19.4. The van der Waals surface area contributed by atoms with Gasteiger partial charge in [0.15, 0.2) is 0 Å². The van der Waals surface area contributed by atoms with Gasteiger partial charge in [0.25, 0.3) is 5.56 Å². The second-order valence-electron chi connectivity index (χ2n) is 7.14. The lowest BCUT2D eigenvalue weighted by molar-refractivity contribution is 0.747. The number of nitrogens with zero attached hydrogens (tertiary/aromatic N) is 2. The minimum absolute atomic E-state index is 0.0508. The van der Waals surface area contributed by atoms with E-state index in [2.05, 4.69) is 4.98 Å². The Morgan fingerprint density at radius 3 is 2.52 bits per heavy atom. The molecule has 0 amide bonds. The van der Waals surface area contributed by atoms with Crippen molar-refractivity contribution in [2.75, 3.05) is 0 Å². The zero-order valence-electron chi connectivity index (χ0n) is 16.0. The largest absolute Gasteiger partial charge is 0.326 e. The Kier molecular flexibility index (Phi) is 5.74. The lowest BCUT2D eigenvalue weighted by Crippen LogP contribution is -2.21. The van der Waals surface area contributed by atoms with E-state index in [9.17, 15) is 4.79 Å². The van der Waals surface area contributed by atoms with Gasteiger partial charge in [-0.25, -0.2) is 4.98 Å². The monoisotopic (exact) mass is 403 g/mol. The molecule has 0 aliphatic heterocycles. The van der Waals surface area contributed by atoms with Crippen LogP contribution in [-0.4, -0.2) is 9.55 Å². The molecular weight excluding hydrogens is 382 g/mol. The zero-order chi connectivity index (χ0) is 20.2. The highest BCUT2D eigenvalue weighted by atomic mass is 35.5. The molecule has 1 aromatic heterocycles. The van der Waals surface area contributed by atoms with E-state index in [0.29, 0.717) is 30.4 Å². The van der Waals surface area contributed by atoms with E-state index in [1.807, 2.05) is 72.8 Å². The predicted molar refractivity (Wildman–Crippen MR) is 118 cm³/mol. The number of benzene rings is 3. The van der Waals surface area contributed by atoms with Gasteiger partial charge < -0.3 is 5.73 Å².